The number of hydrogen-bond donors (Lipinski definition) is 1. The normalized spacial score (nSPS) is 15.0. The highest BCUT2D eigenvalue weighted by molar-refractivity contribution is 5.77. The quantitative estimate of drug-likeness (QED) is 0.444. The van der Waals surface area contributed by atoms with Crippen LogP contribution in [0.25, 0.3) is 16.7 Å². The number of aromatic amines is 1. The number of H-pyrrole nitrogens is 1. The molecule has 0 saturated heterocycles. The van der Waals surface area contributed by atoms with Crippen LogP contribution in [0.1, 0.15) is 19.2 Å². The maximum atomic E-state index is 12.9. The van der Waals surface area contributed by atoms with E-state index in [-0.39, 0.29) is 24.0 Å². The highest BCUT2D eigenvalue weighted by Gasteiger charge is 2.26. The summed E-state index contributed by atoms with van der Waals surface area (Å²) in [5.41, 5.74) is 2.12. The summed E-state index contributed by atoms with van der Waals surface area (Å²) in [6, 6.07) is 17.5. The minimum Gasteiger partial charge on any atom is -0.485 e. The Balaban J connectivity index is 1.25. The van der Waals surface area contributed by atoms with Crippen LogP contribution in [0, 0.1) is 0 Å². The first-order valence-electron chi connectivity index (χ1n) is 11.8. The van der Waals surface area contributed by atoms with Crippen molar-refractivity contribution in [1.29, 1.82) is 0 Å². The standard InChI is InChI=1S/C26H28N6O3/c1-3-31-17-19(35-22-12-8-7-11-21(22)31)16-30(2)24(33)14-13-23-28-25-20(26(34)29-23)15-27-32(25)18-9-5-4-6-10-18/h4-12,15,19H,3,13-14,16-17H2,1-2H3,(H,28,29,34)/t19-/m1/s1. The van der Waals surface area contributed by atoms with Crippen LogP contribution in [0.3, 0.4) is 0 Å². The third-order valence-corrected chi connectivity index (χ3v) is 6.27. The lowest BCUT2D eigenvalue weighted by atomic mass is 10.1. The third-order valence-electron chi connectivity index (χ3n) is 6.27. The van der Waals surface area contributed by atoms with Crippen molar-refractivity contribution in [3.8, 4) is 11.4 Å². The molecular weight excluding hydrogens is 444 g/mol. The number of anilines is 1. The number of amides is 1. The van der Waals surface area contributed by atoms with Gasteiger partial charge in [-0.3, -0.25) is 9.59 Å². The van der Waals surface area contributed by atoms with Gasteiger partial charge in [0.25, 0.3) is 5.56 Å². The Bertz CT molecular complexity index is 1400. The number of hydrogen-bond acceptors (Lipinski definition) is 6. The second-order valence-electron chi connectivity index (χ2n) is 8.66. The fourth-order valence-electron chi connectivity index (χ4n) is 4.44. The van der Waals surface area contributed by atoms with Crippen molar-refractivity contribution in [3.05, 3.63) is 77.0 Å². The molecule has 3 heterocycles. The molecule has 1 amide bonds. The zero-order valence-electron chi connectivity index (χ0n) is 19.8. The van der Waals surface area contributed by atoms with E-state index in [1.165, 1.54) is 6.20 Å². The van der Waals surface area contributed by atoms with Gasteiger partial charge >= 0.3 is 0 Å². The molecule has 0 spiro atoms. The predicted molar refractivity (Wildman–Crippen MR) is 134 cm³/mol. The van der Waals surface area contributed by atoms with Crippen LogP contribution in [0.5, 0.6) is 5.75 Å². The lowest BCUT2D eigenvalue weighted by molar-refractivity contribution is -0.130. The third kappa shape index (κ3) is 4.62. The molecular formula is C26H28N6O3. The molecule has 9 heteroatoms. The Morgan fingerprint density at radius 1 is 1.17 bits per heavy atom. The molecule has 4 aromatic rings. The summed E-state index contributed by atoms with van der Waals surface area (Å²) in [6.45, 7) is 4.19. The molecule has 9 nitrogen and oxygen atoms in total. The van der Waals surface area contributed by atoms with Gasteiger partial charge in [0.05, 0.1) is 30.7 Å². The monoisotopic (exact) mass is 472 g/mol. The van der Waals surface area contributed by atoms with E-state index in [0.29, 0.717) is 29.8 Å². The van der Waals surface area contributed by atoms with Crippen LogP contribution in [0.4, 0.5) is 5.69 Å². The van der Waals surface area contributed by atoms with Gasteiger partial charge < -0.3 is 19.5 Å². The van der Waals surface area contributed by atoms with Gasteiger partial charge in [0.15, 0.2) is 5.65 Å². The van der Waals surface area contributed by atoms with Gasteiger partial charge in [0.1, 0.15) is 23.1 Å². The summed E-state index contributed by atoms with van der Waals surface area (Å²) in [6.07, 6.45) is 1.95. The Labute approximate surface area is 203 Å². The fourth-order valence-corrected chi connectivity index (χ4v) is 4.44. The molecule has 0 bridgehead atoms. The number of benzene rings is 2. The first kappa shape index (κ1) is 22.6. The maximum absolute atomic E-state index is 12.9. The van der Waals surface area contributed by atoms with Crippen LogP contribution in [0.15, 0.2) is 65.6 Å². The second-order valence-corrected chi connectivity index (χ2v) is 8.66. The predicted octanol–water partition coefficient (Wildman–Crippen LogP) is 2.79. The van der Waals surface area contributed by atoms with E-state index in [4.69, 9.17) is 4.74 Å². The summed E-state index contributed by atoms with van der Waals surface area (Å²) in [5, 5.41) is 4.74. The minimum absolute atomic E-state index is 0.0326. The molecule has 0 aliphatic carbocycles. The molecule has 2 aromatic carbocycles. The highest BCUT2D eigenvalue weighted by Crippen LogP contribution is 2.32. The largest absolute Gasteiger partial charge is 0.485 e. The summed E-state index contributed by atoms with van der Waals surface area (Å²) in [7, 11) is 1.78. The molecule has 2 aromatic heterocycles. The first-order chi connectivity index (χ1) is 17.0. The summed E-state index contributed by atoms with van der Waals surface area (Å²) in [5.74, 6) is 1.27. The van der Waals surface area contributed by atoms with E-state index in [1.807, 2.05) is 48.5 Å². The number of aryl methyl sites for hydroxylation is 1. The Morgan fingerprint density at radius 2 is 1.94 bits per heavy atom. The van der Waals surface area contributed by atoms with E-state index in [9.17, 15) is 9.59 Å². The van der Waals surface area contributed by atoms with Crippen LogP contribution in [-0.4, -0.2) is 63.3 Å². The average molecular weight is 473 g/mol. The fraction of sp³-hybridized carbons (Fsp3) is 0.308. The van der Waals surface area contributed by atoms with Crippen molar-refractivity contribution in [2.45, 2.75) is 25.9 Å². The van der Waals surface area contributed by atoms with Gasteiger partial charge in [-0.25, -0.2) is 9.67 Å². The summed E-state index contributed by atoms with van der Waals surface area (Å²) in [4.78, 5) is 36.8. The van der Waals surface area contributed by atoms with E-state index >= 15 is 0 Å². The average Bonchev–Trinajstić information content (AvgIpc) is 3.32. The number of carbonyl (C=O) groups is 1. The maximum Gasteiger partial charge on any atom is 0.262 e. The molecule has 1 aliphatic rings. The van der Waals surface area contributed by atoms with Gasteiger partial charge in [-0.1, -0.05) is 30.3 Å². The zero-order valence-corrected chi connectivity index (χ0v) is 19.8. The van der Waals surface area contributed by atoms with E-state index < -0.39 is 0 Å². The zero-order chi connectivity index (χ0) is 24.4. The van der Waals surface area contributed by atoms with E-state index in [1.54, 1.807) is 16.6 Å². The van der Waals surface area contributed by atoms with Crippen molar-refractivity contribution in [1.82, 2.24) is 24.6 Å². The topological polar surface area (TPSA) is 96.4 Å². The minimum atomic E-state index is -0.262. The van der Waals surface area contributed by atoms with Crippen molar-refractivity contribution >= 4 is 22.6 Å². The van der Waals surface area contributed by atoms with Gasteiger partial charge in [0, 0.05) is 26.4 Å². The molecule has 180 valence electrons. The van der Waals surface area contributed by atoms with Gasteiger partial charge in [0.2, 0.25) is 5.91 Å². The van der Waals surface area contributed by atoms with Crippen LogP contribution in [-0.2, 0) is 11.2 Å². The summed E-state index contributed by atoms with van der Waals surface area (Å²) >= 11 is 0. The molecule has 35 heavy (non-hydrogen) atoms. The Morgan fingerprint density at radius 3 is 2.74 bits per heavy atom. The highest BCUT2D eigenvalue weighted by atomic mass is 16.5. The number of nitrogens with zero attached hydrogens (tertiary/aromatic N) is 5. The van der Waals surface area contributed by atoms with E-state index in [2.05, 4.69) is 33.0 Å². The van der Waals surface area contributed by atoms with Crippen molar-refractivity contribution in [2.24, 2.45) is 0 Å². The summed E-state index contributed by atoms with van der Waals surface area (Å²) < 4.78 is 7.79. The molecule has 0 saturated carbocycles. The van der Waals surface area contributed by atoms with E-state index in [0.717, 1.165) is 30.2 Å². The molecule has 1 atom stereocenters. The number of para-hydroxylation sites is 3. The lowest BCUT2D eigenvalue weighted by Crippen LogP contribution is -2.46. The van der Waals surface area contributed by atoms with Gasteiger partial charge in [-0.15, -0.1) is 0 Å². The molecule has 0 fully saturated rings. The number of carbonyl (C=O) groups excluding carboxylic acids is 1. The second kappa shape index (κ2) is 9.61. The number of ether oxygens (including phenoxy) is 1. The van der Waals surface area contributed by atoms with Crippen molar-refractivity contribution in [2.75, 3.05) is 31.6 Å². The molecule has 1 N–H and O–H groups in total. The smallest absolute Gasteiger partial charge is 0.262 e. The Kier molecular flexibility index (Phi) is 6.22. The van der Waals surface area contributed by atoms with Crippen LogP contribution in [0.2, 0.25) is 0 Å². The number of rotatable bonds is 7. The van der Waals surface area contributed by atoms with Crippen LogP contribution < -0.4 is 15.2 Å². The molecule has 0 unspecified atom stereocenters. The number of likely N-dealkylation sites (N-methyl/N-ethyl adjacent to an activating group) is 2. The van der Waals surface area contributed by atoms with Gasteiger partial charge in [-0.2, -0.15) is 5.10 Å². The first-order valence-corrected chi connectivity index (χ1v) is 11.8. The number of nitrogens with one attached hydrogen (secondary N) is 1. The van der Waals surface area contributed by atoms with Gasteiger partial charge in [-0.05, 0) is 31.2 Å². The molecule has 1 aliphatic heterocycles. The van der Waals surface area contributed by atoms with Crippen LogP contribution >= 0.6 is 0 Å². The molecule has 5 rings (SSSR count). The Hall–Kier alpha value is -4.14. The van der Waals surface area contributed by atoms with Crippen molar-refractivity contribution in [3.63, 3.8) is 0 Å². The SMILES string of the molecule is CCN1C[C@@H](CN(C)C(=O)CCc2nc3c(cnn3-c3ccccc3)c(=O)[nH]2)Oc2ccccc21. The number of fused-ring (bicyclic) bond motifs is 2. The molecule has 0 radical (unpaired) electrons. The van der Waals surface area contributed by atoms with Crippen molar-refractivity contribution < 1.29 is 9.53 Å². The lowest BCUT2D eigenvalue weighted by Gasteiger charge is -2.37. The number of aromatic nitrogens is 4.